The van der Waals surface area contributed by atoms with Gasteiger partial charge >= 0.3 is 0 Å². The largest absolute Gasteiger partial charge is 0.363 e. The minimum Gasteiger partial charge on any atom is -0.363 e. The van der Waals surface area contributed by atoms with Crippen molar-refractivity contribution in [1.29, 1.82) is 0 Å². The number of carbonyl (C=O) groups is 1. The maximum Gasteiger partial charge on any atom is 0.242 e. The lowest BCUT2D eigenvalue weighted by atomic mass is 10.2. The van der Waals surface area contributed by atoms with E-state index in [9.17, 15) is 4.79 Å². The Balaban J connectivity index is 2.16. The number of amides is 1. The molecule has 1 aliphatic rings. The van der Waals surface area contributed by atoms with E-state index < -0.39 is 0 Å². The Kier molecular flexibility index (Phi) is 2.39. The lowest BCUT2D eigenvalue weighted by Gasteiger charge is -2.24. The van der Waals surface area contributed by atoms with Crippen LogP contribution in [0, 0.1) is 0 Å². The summed E-state index contributed by atoms with van der Waals surface area (Å²) in [7, 11) is 1.96. The van der Waals surface area contributed by atoms with Crippen LogP contribution in [-0.4, -0.2) is 25.5 Å². The van der Waals surface area contributed by atoms with Crippen molar-refractivity contribution >= 4 is 11.6 Å². The van der Waals surface area contributed by atoms with Crippen LogP contribution in [0.4, 0.5) is 5.69 Å². The van der Waals surface area contributed by atoms with Gasteiger partial charge in [-0.25, -0.2) is 0 Å². The summed E-state index contributed by atoms with van der Waals surface area (Å²) in [6.45, 7) is 0.792. The topological polar surface area (TPSA) is 32.3 Å². The van der Waals surface area contributed by atoms with Crippen molar-refractivity contribution in [1.82, 2.24) is 5.32 Å². The van der Waals surface area contributed by atoms with Crippen LogP contribution in [-0.2, 0) is 4.79 Å². The molecule has 0 radical (unpaired) electrons. The van der Waals surface area contributed by atoms with Gasteiger partial charge in [-0.3, -0.25) is 4.79 Å². The number of likely N-dealkylation sites (N-methyl/N-ethyl adjacent to an activating group) is 1. The Labute approximate surface area is 83.7 Å². The fourth-order valence-corrected chi connectivity index (χ4v) is 1.79. The molecule has 0 saturated carbocycles. The fraction of sp³-hybridized carbons (Fsp3) is 0.364. The molecular weight excluding hydrogens is 176 g/mol. The molecule has 0 aliphatic carbocycles. The van der Waals surface area contributed by atoms with E-state index in [0.29, 0.717) is 0 Å². The van der Waals surface area contributed by atoms with E-state index in [1.54, 1.807) is 0 Å². The zero-order chi connectivity index (χ0) is 9.97. The first-order valence-electron chi connectivity index (χ1n) is 4.84. The van der Waals surface area contributed by atoms with Gasteiger partial charge in [0.1, 0.15) is 6.04 Å². The Hall–Kier alpha value is -1.51. The number of nitrogens with one attached hydrogen (secondary N) is 1. The third-order valence-corrected chi connectivity index (χ3v) is 2.65. The van der Waals surface area contributed by atoms with Gasteiger partial charge in [-0.2, -0.15) is 0 Å². The summed E-state index contributed by atoms with van der Waals surface area (Å²) in [5.41, 5.74) is 1.09. The van der Waals surface area contributed by atoms with Crippen LogP contribution in [0.2, 0.25) is 0 Å². The number of carbonyl (C=O) groups excluding carboxylic acids is 1. The highest BCUT2D eigenvalue weighted by Crippen LogP contribution is 2.17. The van der Waals surface area contributed by atoms with Gasteiger partial charge in [0.25, 0.3) is 0 Å². The van der Waals surface area contributed by atoms with Crippen molar-refractivity contribution in [2.45, 2.75) is 12.5 Å². The molecule has 1 atom stereocenters. The van der Waals surface area contributed by atoms with Crippen molar-refractivity contribution in [3.8, 4) is 0 Å². The highest BCUT2D eigenvalue weighted by Gasteiger charge is 2.27. The molecule has 3 heteroatoms. The van der Waals surface area contributed by atoms with E-state index in [-0.39, 0.29) is 11.9 Å². The summed E-state index contributed by atoms with van der Waals surface area (Å²) < 4.78 is 0. The molecule has 1 heterocycles. The van der Waals surface area contributed by atoms with Crippen molar-refractivity contribution in [2.24, 2.45) is 0 Å². The third kappa shape index (κ3) is 1.58. The molecular formula is C11H14N2O. The van der Waals surface area contributed by atoms with Crippen LogP contribution < -0.4 is 10.2 Å². The van der Waals surface area contributed by atoms with Crippen molar-refractivity contribution in [3.63, 3.8) is 0 Å². The fourth-order valence-electron chi connectivity index (χ4n) is 1.79. The molecule has 1 N–H and O–H groups in total. The van der Waals surface area contributed by atoms with Gasteiger partial charge in [-0.05, 0) is 18.6 Å². The second-order valence-corrected chi connectivity index (χ2v) is 3.54. The maximum absolute atomic E-state index is 11.4. The molecule has 1 amide bonds. The van der Waals surface area contributed by atoms with Gasteiger partial charge in [0.15, 0.2) is 0 Å². The summed E-state index contributed by atoms with van der Waals surface area (Å²) >= 11 is 0. The Bertz CT molecular complexity index is 323. The lowest BCUT2D eigenvalue weighted by molar-refractivity contribution is -0.120. The van der Waals surface area contributed by atoms with Crippen LogP contribution >= 0.6 is 0 Å². The number of hydrogen-bond acceptors (Lipinski definition) is 2. The lowest BCUT2D eigenvalue weighted by Crippen LogP contribution is -2.37. The number of rotatable bonds is 2. The molecule has 1 fully saturated rings. The van der Waals surface area contributed by atoms with Gasteiger partial charge in [0.05, 0.1) is 0 Å². The maximum atomic E-state index is 11.4. The number of benzene rings is 1. The van der Waals surface area contributed by atoms with E-state index in [0.717, 1.165) is 18.7 Å². The van der Waals surface area contributed by atoms with Crippen molar-refractivity contribution < 1.29 is 4.79 Å². The molecule has 1 aliphatic heterocycles. The minimum absolute atomic E-state index is 0.00241. The molecule has 3 nitrogen and oxygen atoms in total. The van der Waals surface area contributed by atoms with E-state index in [4.69, 9.17) is 0 Å². The van der Waals surface area contributed by atoms with Crippen molar-refractivity contribution in [2.75, 3.05) is 18.5 Å². The second kappa shape index (κ2) is 3.70. The molecule has 74 valence electrons. The van der Waals surface area contributed by atoms with E-state index in [1.165, 1.54) is 0 Å². The molecule has 0 aromatic heterocycles. The number of hydrogen-bond donors (Lipinski definition) is 1. The molecule has 0 unspecified atom stereocenters. The summed E-state index contributed by atoms with van der Waals surface area (Å²) in [6, 6.07) is 9.98. The zero-order valence-electron chi connectivity index (χ0n) is 8.23. The molecule has 14 heavy (non-hydrogen) atoms. The second-order valence-electron chi connectivity index (χ2n) is 3.54. The van der Waals surface area contributed by atoms with Gasteiger partial charge in [-0.1, -0.05) is 18.2 Å². The predicted molar refractivity (Wildman–Crippen MR) is 56.3 cm³/mol. The zero-order valence-corrected chi connectivity index (χ0v) is 8.23. The number of nitrogens with zero attached hydrogens (tertiary/aromatic N) is 1. The van der Waals surface area contributed by atoms with Gasteiger partial charge < -0.3 is 10.2 Å². The van der Waals surface area contributed by atoms with E-state index in [2.05, 4.69) is 5.32 Å². The van der Waals surface area contributed by atoms with Crippen LogP contribution in [0.1, 0.15) is 6.42 Å². The summed E-state index contributed by atoms with van der Waals surface area (Å²) in [6.07, 6.45) is 0.893. The highest BCUT2D eigenvalue weighted by molar-refractivity contribution is 5.87. The normalized spacial score (nSPS) is 20.6. The molecule has 1 saturated heterocycles. The summed E-state index contributed by atoms with van der Waals surface area (Å²) in [4.78, 5) is 13.5. The monoisotopic (exact) mass is 190 g/mol. The average Bonchev–Trinajstić information content (AvgIpc) is 2.65. The first-order valence-corrected chi connectivity index (χ1v) is 4.84. The van der Waals surface area contributed by atoms with Crippen molar-refractivity contribution in [3.05, 3.63) is 30.3 Å². The van der Waals surface area contributed by atoms with E-state index >= 15 is 0 Å². The Morgan fingerprint density at radius 3 is 2.64 bits per heavy atom. The quantitative estimate of drug-likeness (QED) is 0.755. The van der Waals surface area contributed by atoms with Crippen LogP contribution in [0.3, 0.4) is 0 Å². The predicted octanol–water partition coefficient (Wildman–Crippen LogP) is 1.01. The van der Waals surface area contributed by atoms with Gasteiger partial charge in [-0.15, -0.1) is 0 Å². The average molecular weight is 190 g/mol. The number of anilines is 1. The first kappa shape index (κ1) is 9.06. The van der Waals surface area contributed by atoms with Crippen LogP contribution in [0.5, 0.6) is 0 Å². The molecule has 1 aromatic carbocycles. The molecule has 2 rings (SSSR count). The Morgan fingerprint density at radius 2 is 2.07 bits per heavy atom. The molecule has 0 spiro atoms. The van der Waals surface area contributed by atoms with Crippen LogP contribution in [0.15, 0.2) is 30.3 Å². The van der Waals surface area contributed by atoms with Gasteiger partial charge in [0.2, 0.25) is 5.91 Å². The SMILES string of the molecule is CN(c1ccccc1)[C@@H]1CCNC1=O. The smallest absolute Gasteiger partial charge is 0.242 e. The molecule has 0 bridgehead atoms. The van der Waals surface area contributed by atoms with Crippen LogP contribution in [0.25, 0.3) is 0 Å². The minimum atomic E-state index is -0.00241. The summed E-state index contributed by atoms with van der Waals surface area (Å²) in [5, 5.41) is 2.84. The summed E-state index contributed by atoms with van der Waals surface area (Å²) in [5.74, 6) is 0.136. The third-order valence-electron chi connectivity index (χ3n) is 2.65. The highest BCUT2D eigenvalue weighted by atomic mass is 16.2. The Morgan fingerprint density at radius 1 is 1.36 bits per heavy atom. The van der Waals surface area contributed by atoms with E-state index in [1.807, 2.05) is 42.3 Å². The first-order chi connectivity index (χ1) is 6.79. The number of para-hydroxylation sites is 1. The van der Waals surface area contributed by atoms with Gasteiger partial charge in [0, 0.05) is 19.3 Å². The standard InChI is InChI=1S/C11H14N2O/c1-13(9-5-3-2-4-6-9)10-7-8-12-11(10)14/h2-6,10H,7-8H2,1H3,(H,12,14)/t10-/m1/s1. The molecule has 1 aromatic rings.